The molecule has 0 spiro atoms. The van der Waals surface area contributed by atoms with Crippen molar-refractivity contribution in [2.45, 2.75) is 57.7 Å². The lowest BCUT2D eigenvalue weighted by Gasteiger charge is -2.35. The van der Waals surface area contributed by atoms with E-state index in [-0.39, 0.29) is 5.91 Å². The van der Waals surface area contributed by atoms with Crippen LogP contribution in [0.15, 0.2) is 30.3 Å². The zero-order valence-electron chi connectivity index (χ0n) is 14.5. The van der Waals surface area contributed by atoms with Crippen molar-refractivity contribution < 1.29 is 4.79 Å². The van der Waals surface area contributed by atoms with E-state index >= 15 is 0 Å². The minimum Gasteiger partial charge on any atom is -0.337 e. The van der Waals surface area contributed by atoms with Crippen molar-refractivity contribution in [3.8, 4) is 0 Å². The van der Waals surface area contributed by atoms with Crippen LogP contribution in [0.1, 0.15) is 37.8 Å². The number of likely N-dealkylation sites (tertiary alicyclic amines) is 1. The number of aromatic nitrogens is 1. The number of carbonyl (C=O) groups excluding carboxylic acids is 1. The number of hydrogen-bond acceptors (Lipinski definition) is 2. The summed E-state index contributed by atoms with van der Waals surface area (Å²) in [4.78, 5) is 15.3. The van der Waals surface area contributed by atoms with Gasteiger partial charge in [-0.1, -0.05) is 31.0 Å². The van der Waals surface area contributed by atoms with Crippen LogP contribution in [0.25, 0.3) is 10.9 Å². The Morgan fingerprint density at radius 2 is 2.08 bits per heavy atom. The van der Waals surface area contributed by atoms with Gasteiger partial charge in [-0.15, -0.1) is 0 Å². The van der Waals surface area contributed by atoms with Crippen LogP contribution in [0.3, 0.4) is 0 Å². The second-order valence-corrected chi connectivity index (χ2v) is 7.28. The number of rotatable bonds is 2. The lowest BCUT2D eigenvalue weighted by atomic mass is 9.97. The van der Waals surface area contributed by atoms with E-state index in [4.69, 9.17) is 0 Å². The van der Waals surface area contributed by atoms with Crippen LogP contribution in [0, 0.1) is 6.92 Å². The van der Waals surface area contributed by atoms with Gasteiger partial charge >= 0.3 is 0 Å². The molecule has 0 bridgehead atoms. The van der Waals surface area contributed by atoms with Gasteiger partial charge in [0.05, 0.1) is 0 Å². The van der Waals surface area contributed by atoms with E-state index in [2.05, 4.69) is 52.0 Å². The first-order valence-electron chi connectivity index (χ1n) is 9.32. The quantitative estimate of drug-likeness (QED) is 0.921. The molecule has 0 unspecified atom stereocenters. The maximum Gasteiger partial charge on any atom is 0.242 e. The van der Waals surface area contributed by atoms with Crippen LogP contribution in [0.5, 0.6) is 0 Å². The highest BCUT2D eigenvalue weighted by molar-refractivity contribution is 5.84. The first kappa shape index (κ1) is 15.7. The Labute approximate surface area is 143 Å². The van der Waals surface area contributed by atoms with Crippen molar-refractivity contribution >= 4 is 16.8 Å². The van der Waals surface area contributed by atoms with Crippen molar-refractivity contribution in [2.24, 2.45) is 0 Å². The number of para-hydroxylation sites is 1. The number of benzene rings is 1. The minimum absolute atomic E-state index is 0.278. The Morgan fingerprint density at radius 3 is 3.00 bits per heavy atom. The van der Waals surface area contributed by atoms with Crippen molar-refractivity contribution in [2.75, 3.05) is 13.1 Å². The number of amides is 1. The predicted octanol–water partition coefficient (Wildman–Crippen LogP) is 3.08. The summed E-state index contributed by atoms with van der Waals surface area (Å²) in [7, 11) is 0. The molecule has 2 aliphatic rings. The van der Waals surface area contributed by atoms with Crippen LogP contribution in [-0.2, 0) is 11.3 Å². The van der Waals surface area contributed by atoms with Gasteiger partial charge in [0.2, 0.25) is 5.91 Å². The monoisotopic (exact) mass is 325 g/mol. The van der Waals surface area contributed by atoms with Crippen LogP contribution in [0.2, 0.25) is 0 Å². The molecule has 4 heteroatoms. The Bertz CT molecular complexity index is 736. The normalized spacial score (nSPS) is 24.6. The van der Waals surface area contributed by atoms with Gasteiger partial charge in [-0.3, -0.25) is 4.79 Å². The van der Waals surface area contributed by atoms with E-state index in [1.807, 2.05) is 0 Å². The van der Waals surface area contributed by atoms with E-state index in [9.17, 15) is 4.79 Å². The molecule has 2 saturated heterocycles. The van der Waals surface area contributed by atoms with Crippen molar-refractivity contribution in [3.05, 3.63) is 36.0 Å². The molecule has 0 aliphatic carbocycles. The Kier molecular flexibility index (Phi) is 4.31. The van der Waals surface area contributed by atoms with E-state index in [0.717, 1.165) is 37.1 Å². The summed E-state index contributed by atoms with van der Waals surface area (Å²) in [5.41, 5.74) is 2.33. The summed E-state index contributed by atoms with van der Waals surface area (Å²) in [6.45, 7) is 4.52. The average Bonchev–Trinajstić information content (AvgIpc) is 3.12. The van der Waals surface area contributed by atoms with Gasteiger partial charge in [-0.05, 0) is 50.2 Å². The highest BCUT2D eigenvalue weighted by Crippen LogP contribution is 2.25. The molecule has 1 aromatic heterocycles. The third-order valence-electron chi connectivity index (χ3n) is 5.76. The molecule has 24 heavy (non-hydrogen) atoms. The van der Waals surface area contributed by atoms with E-state index in [1.54, 1.807) is 0 Å². The van der Waals surface area contributed by atoms with Gasteiger partial charge < -0.3 is 14.8 Å². The Morgan fingerprint density at radius 1 is 1.21 bits per heavy atom. The van der Waals surface area contributed by atoms with Crippen LogP contribution in [0.4, 0.5) is 0 Å². The first-order chi connectivity index (χ1) is 11.7. The van der Waals surface area contributed by atoms with Gasteiger partial charge in [0.25, 0.3) is 0 Å². The topological polar surface area (TPSA) is 37.3 Å². The van der Waals surface area contributed by atoms with Gasteiger partial charge in [0.15, 0.2) is 0 Å². The van der Waals surface area contributed by atoms with Gasteiger partial charge in [0.1, 0.15) is 6.54 Å². The second kappa shape index (κ2) is 6.60. The summed E-state index contributed by atoms with van der Waals surface area (Å²) < 4.78 is 2.17. The maximum absolute atomic E-state index is 13.1. The summed E-state index contributed by atoms with van der Waals surface area (Å²) in [5.74, 6) is 0.278. The molecule has 2 aliphatic heterocycles. The zero-order chi connectivity index (χ0) is 16.5. The summed E-state index contributed by atoms with van der Waals surface area (Å²) in [5, 5.41) is 4.83. The third kappa shape index (κ3) is 2.84. The van der Waals surface area contributed by atoms with E-state index < -0.39 is 0 Å². The van der Waals surface area contributed by atoms with Crippen LogP contribution < -0.4 is 5.32 Å². The summed E-state index contributed by atoms with van der Waals surface area (Å²) in [6, 6.07) is 11.4. The highest BCUT2D eigenvalue weighted by atomic mass is 16.2. The van der Waals surface area contributed by atoms with Crippen molar-refractivity contribution in [1.82, 2.24) is 14.8 Å². The Balaban J connectivity index is 1.58. The van der Waals surface area contributed by atoms with Crippen LogP contribution >= 0.6 is 0 Å². The molecular weight excluding hydrogens is 298 g/mol. The van der Waals surface area contributed by atoms with Crippen molar-refractivity contribution in [3.63, 3.8) is 0 Å². The molecular formula is C20H27N3O. The number of carbonyl (C=O) groups is 1. The number of nitrogens with zero attached hydrogens (tertiary/aromatic N) is 2. The highest BCUT2D eigenvalue weighted by Gasteiger charge is 2.35. The van der Waals surface area contributed by atoms with Gasteiger partial charge in [-0.25, -0.2) is 0 Å². The van der Waals surface area contributed by atoms with E-state index in [0.29, 0.717) is 18.6 Å². The molecule has 4 nitrogen and oxygen atoms in total. The largest absolute Gasteiger partial charge is 0.337 e. The smallest absolute Gasteiger partial charge is 0.242 e. The molecule has 2 atom stereocenters. The molecule has 3 heterocycles. The van der Waals surface area contributed by atoms with E-state index in [1.165, 1.54) is 24.6 Å². The summed E-state index contributed by atoms with van der Waals surface area (Å²) >= 11 is 0. The molecule has 1 amide bonds. The number of hydrogen-bond donors (Lipinski definition) is 1. The maximum atomic E-state index is 13.1. The molecule has 0 radical (unpaired) electrons. The molecule has 2 aromatic rings. The fraction of sp³-hybridized carbons (Fsp3) is 0.550. The fourth-order valence-electron chi connectivity index (χ4n) is 4.50. The fourth-order valence-corrected chi connectivity index (χ4v) is 4.50. The third-order valence-corrected chi connectivity index (χ3v) is 5.76. The molecule has 2 fully saturated rings. The number of nitrogens with one attached hydrogen (secondary N) is 1. The molecule has 1 N–H and O–H groups in total. The SMILES string of the molecule is Cc1cc2ccccc2n1CC(=O)N1CCCCC[C@H]2NCC[C@@H]21. The zero-order valence-corrected chi connectivity index (χ0v) is 14.5. The number of fused-ring (bicyclic) bond motifs is 2. The number of aryl methyl sites for hydroxylation is 1. The molecule has 0 saturated carbocycles. The standard InChI is InChI=1S/C20H27N3O/c1-15-13-16-7-4-5-9-18(16)23(15)14-20(24)22-12-6-2-3-8-17-19(22)10-11-21-17/h4-5,7,9,13,17,19,21H,2-3,6,8,10-12,14H2,1H3/t17-,19+/m1/s1. The van der Waals surface area contributed by atoms with Crippen LogP contribution in [-0.4, -0.2) is 40.5 Å². The predicted molar refractivity (Wildman–Crippen MR) is 97.1 cm³/mol. The summed E-state index contributed by atoms with van der Waals surface area (Å²) in [6.07, 6.45) is 5.97. The lowest BCUT2D eigenvalue weighted by molar-refractivity contribution is -0.134. The average molecular weight is 325 g/mol. The molecule has 1 aromatic carbocycles. The van der Waals surface area contributed by atoms with Gasteiger partial charge in [-0.2, -0.15) is 0 Å². The Hall–Kier alpha value is -1.81. The molecule has 128 valence electrons. The lowest BCUT2D eigenvalue weighted by Crippen LogP contribution is -2.49. The van der Waals surface area contributed by atoms with Gasteiger partial charge in [0, 0.05) is 29.8 Å². The minimum atomic E-state index is 0.278. The first-order valence-corrected chi connectivity index (χ1v) is 9.32. The second-order valence-electron chi connectivity index (χ2n) is 7.28. The van der Waals surface area contributed by atoms with Crippen molar-refractivity contribution in [1.29, 1.82) is 0 Å². The molecule has 4 rings (SSSR count).